The fourth-order valence-electron chi connectivity index (χ4n) is 1.96. The van der Waals surface area contributed by atoms with Crippen LogP contribution in [0.25, 0.3) is 0 Å². The minimum Gasteiger partial charge on any atom is -0.378 e. The third-order valence-electron chi connectivity index (χ3n) is 2.94. The molecule has 0 aromatic carbocycles. The Hall–Kier alpha value is -0.350. The minimum absolute atomic E-state index is 0.417. The molecule has 0 radical (unpaired) electrons. The van der Waals surface area contributed by atoms with Crippen molar-refractivity contribution in [3.8, 4) is 0 Å². The molecule has 16 heavy (non-hydrogen) atoms. The number of rotatable bonds is 5. The van der Waals surface area contributed by atoms with E-state index in [-0.39, 0.29) is 0 Å². The van der Waals surface area contributed by atoms with Gasteiger partial charge in [0.05, 0.1) is 6.10 Å². The highest BCUT2D eigenvalue weighted by Gasteiger charge is 2.26. The summed E-state index contributed by atoms with van der Waals surface area (Å²) < 4.78 is 5.64. The van der Waals surface area contributed by atoms with Crippen molar-refractivity contribution in [3.05, 3.63) is 0 Å². The van der Waals surface area contributed by atoms with Crippen LogP contribution < -0.4 is 10.6 Å². The van der Waals surface area contributed by atoms with E-state index in [0.717, 1.165) is 37.7 Å². The van der Waals surface area contributed by atoms with Crippen LogP contribution in [-0.4, -0.2) is 30.9 Å². The second-order valence-electron chi connectivity index (χ2n) is 4.85. The summed E-state index contributed by atoms with van der Waals surface area (Å²) in [6, 6.07) is 0. The van der Waals surface area contributed by atoms with Crippen molar-refractivity contribution >= 4 is 17.3 Å². The topological polar surface area (TPSA) is 33.3 Å². The van der Waals surface area contributed by atoms with Crippen LogP contribution in [0.5, 0.6) is 0 Å². The maximum atomic E-state index is 5.64. The Morgan fingerprint density at radius 1 is 1.44 bits per heavy atom. The van der Waals surface area contributed by atoms with E-state index in [1.165, 1.54) is 0 Å². The maximum Gasteiger partial charge on any atom is 0.166 e. The molecule has 0 aromatic heterocycles. The van der Waals surface area contributed by atoms with Gasteiger partial charge in [-0.3, -0.25) is 0 Å². The lowest BCUT2D eigenvalue weighted by Gasteiger charge is -2.19. The summed E-state index contributed by atoms with van der Waals surface area (Å²) in [5.74, 6) is 1.24. The summed E-state index contributed by atoms with van der Waals surface area (Å²) in [7, 11) is 0. The quantitative estimate of drug-likeness (QED) is 0.724. The molecule has 2 N–H and O–H groups in total. The number of nitrogens with one attached hydrogen (secondary N) is 2. The number of hydrogen-bond donors (Lipinski definition) is 2. The lowest BCUT2D eigenvalue weighted by molar-refractivity contribution is 0.0883. The third kappa shape index (κ3) is 4.66. The van der Waals surface area contributed by atoms with Crippen molar-refractivity contribution in [2.24, 2.45) is 11.8 Å². The maximum absolute atomic E-state index is 5.64. The molecule has 2 atom stereocenters. The van der Waals surface area contributed by atoms with Crippen LogP contribution in [0.4, 0.5) is 0 Å². The molecular weight excluding hydrogens is 220 g/mol. The SMILES string of the molecule is CCC1OCCC1CNC(=S)NCC(C)C. The summed E-state index contributed by atoms with van der Waals surface area (Å²) >= 11 is 5.22. The lowest BCUT2D eigenvalue weighted by atomic mass is 10.00. The fourth-order valence-corrected chi connectivity index (χ4v) is 2.13. The van der Waals surface area contributed by atoms with E-state index in [4.69, 9.17) is 17.0 Å². The summed E-state index contributed by atoms with van der Waals surface area (Å²) in [4.78, 5) is 0. The molecule has 94 valence electrons. The molecule has 1 heterocycles. The van der Waals surface area contributed by atoms with Gasteiger partial charge in [0, 0.05) is 25.6 Å². The van der Waals surface area contributed by atoms with E-state index in [0.29, 0.717) is 17.9 Å². The third-order valence-corrected chi connectivity index (χ3v) is 3.23. The van der Waals surface area contributed by atoms with Gasteiger partial charge in [0.25, 0.3) is 0 Å². The molecule has 2 unspecified atom stereocenters. The first-order valence-electron chi connectivity index (χ1n) is 6.26. The molecular formula is C12H24N2OS. The van der Waals surface area contributed by atoms with E-state index >= 15 is 0 Å². The minimum atomic E-state index is 0.417. The van der Waals surface area contributed by atoms with Crippen LogP contribution in [0, 0.1) is 11.8 Å². The van der Waals surface area contributed by atoms with Gasteiger partial charge in [-0.05, 0) is 31.0 Å². The molecule has 1 aliphatic rings. The molecule has 1 aliphatic heterocycles. The second kappa shape index (κ2) is 7.07. The summed E-state index contributed by atoms with van der Waals surface area (Å²) in [6.07, 6.45) is 2.66. The zero-order valence-corrected chi connectivity index (χ0v) is 11.4. The van der Waals surface area contributed by atoms with Crippen molar-refractivity contribution < 1.29 is 4.74 Å². The monoisotopic (exact) mass is 244 g/mol. The smallest absolute Gasteiger partial charge is 0.166 e. The highest BCUT2D eigenvalue weighted by Crippen LogP contribution is 2.22. The van der Waals surface area contributed by atoms with E-state index in [1.807, 2.05) is 0 Å². The summed E-state index contributed by atoms with van der Waals surface area (Å²) in [5, 5.41) is 7.28. The van der Waals surface area contributed by atoms with Gasteiger partial charge in [-0.15, -0.1) is 0 Å². The van der Waals surface area contributed by atoms with Crippen LogP contribution >= 0.6 is 12.2 Å². The Morgan fingerprint density at radius 2 is 2.19 bits per heavy atom. The van der Waals surface area contributed by atoms with Crippen molar-refractivity contribution in [1.29, 1.82) is 0 Å². The highest BCUT2D eigenvalue weighted by molar-refractivity contribution is 7.80. The first kappa shape index (κ1) is 13.7. The Kier molecular flexibility index (Phi) is 6.06. The standard InChI is InChI=1S/C12H24N2OS/c1-4-11-10(5-6-15-11)8-14-12(16)13-7-9(2)3/h9-11H,4-8H2,1-3H3,(H2,13,14,16). The van der Waals surface area contributed by atoms with E-state index in [9.17, 15) is 0 Å². The van der Waals surface area contributed by atoms with Crippen molar-refractivity contribution in [3.63, 3.8) is 0 Å². The Balaban J connectivity index is 2.16. The zero-order valence-electron chi connectivity index (χ0n) is 10.6. The van der Waals surface area contributed by atoms with Gasteiger partial charge in [0.1, 0.15) is 0 Å². The first-order chi connectivity index (χ1) is 7.63. The first-order valence-corrected chi connectivity index (χ1v) is 6.67. The van der Waals surface area contributed by atoms with Crippen LogP contribution in [0.2, 0.25) is 0 Å². The molecule has 0 amide bonds. The lowest BCUT2D eigenvalue weighted by Crippen LogP contribution is -2.40. The predicted molar refractivity (Wildman–Crippen MR) is 71.6 cm³/mol. The molecule has 0 aromatic rings. The van der Waals surface area contributed by atoms with Gasteiger partial charge in [-0.25, -0.2) is 0 Å². The predicted octanol–water partition coefficient (Wildman–Crippen LogP) is 1.92. The molecule has 1 saturated heterocycles. The Morgan fingerprint density at radius 3 is 2.81 bits per heavy atom. The van der Waals surface area contributed by atoms with Crippen molar-refractivity contribution in [2.75, 3.05) is 19.7 Å². The van der Waals surface area contributed by atoms with Crippen LogP contribution in [-0.2, 0) is 4.74 Å². The highest BCUT2D eigenvalue weighted by atomic mass is 32.1. The van der Waals surface area contributed by atoms with Gasteiger partial charge < -0.3 is 15.4 Å². The van der Waals surface area contributed by atoms with Gasteiger partial charge in [-0.2, -0.15) is 0 Å². The molecule has 0 aliphatic carbocycles. The normalized spacial score (nSPS) is 24.8. The molecule has 4 heteroatoms. The van der Waals surface area contributed by atoms with Gasteiger partial charge in [-0.1, -0.05) is 20.8 Å². The van der Waals surface area contributed by atoms with Crippen molar-refractivity contribution in [2.45, 2.75) is 39.7 Å². The molecule has 0 saturated carbocycles. The largest absolute Gasteiger partial charge is 0.378 e. The van der Waals surface area contributed by atoms with Crippen LogP contribution in [0.3, 0.4) is 0 Å². The molecule has 0 spiro atoms. The van der Waals surface area contributed by atoms with E-state index in [1.54, 1.807) is 0 Å². The van der Waals surface area contributed by atoms with Crippen molar-refractivity contribution in [1.82, 2.24) is 10.6 Å². The second-order valence-corrected chi connectivity index (χ2v) is 5.26. The van der Waals surface area contributed by atoms with Crippen LogP contribution in [0.1, 0.15) is 33.6 Å². The molecule has 1 rings (SSSR count). The van der Waals surface area contributed by atoms with Gasteiger partial charge in [0.2, 0.25) is 0 Å². The number of ether oxygens (including phenoxy) is 1. The zero-order chi connectivity index (χ0) is 12.0. The number of hydrogen-bond acceptors (Lipinski definition) is 2. The van der Waals surface area contributed by atoms with E-state index in [2.05, 4.69) is 31.4 Å². The fraction of sp³-hybridized carbons (Fsp3) is 0.917. The Labute approximate surface area is 104 Å². The molecule has 3 nitrogen and oxygen atoms in total. The molecule has 1 fully saturated rings. The van der Waals surface area contributed by atoms with Crippen LogP contribution in [0.15, 0.2) is 0 Å². The van der Waals surface area contributed by atoms with Gasteiger partial charge in [0.15, 0.2) is 5.11 Å². The van der Waals surface area contributed by atoms with E-state index < -0.39 is 0 Å². The van der Waals surface area contributed by atoms with Gasteiger partial charge >= 0.3 is 0 Å². The average molecular weight is 244 g/mol. The summed E-state index contributed by atoms with van der Waals surface area (Å²) in [6.45, 7) is 9.29. The average Bonchev–Trinajstić information content (AvgIpc) is 2.70. The Bertz CT molecular complexity index is 221. The number of thiocarbonyl (C=S) groups is 1. The molecule has 0 bridgehead atoms. The summed E-state index contributed by atoms with van der Waals surface area (Å²) in [5.41, 5.74) is 0.